The first kappa shape index (κ1) is 36.6. The van der Waals surface area contributed by atoms with Gasteiger partial charge >= 0.3 is 0 Å². The lowest BCUT2D eigenvalue weighted by Crippen LogP contribution is -2.51. The van der Waals surface area contributed by atoms with Crippen molar-refractivity contribution in [2.24, 2.45) is 0 Å². The molecule has 260 valence electrons. The van der Waals surface area contributed by atoms with E-state index in [0.717, 1.165) is 12.8 Å². The fourth-order valence-corrected chi connectivity index (χ4v) is 9.70. The number of aromatic nitrogens is 2. The molecular formula is C48H51BN2Si. The Morgan fingerprint density at radius 1 is 0.538 bits per heavy atom. The molecule has 0 aliphatic carbocycles. The second kappa shape index (κ2) is 18.9. The van der Waals surface area contributed by atoms with E-state index in [2.05, 4.69) is 199 Å². The maximum absolute atomic E-state index is 4.51. The van der Waals surface area contributed by atoms with E-state index in [9.17, 15) is 0 Å². The predicted molar refractivity (Wildman–Crippen MR) is 227 cm³/mol. The molecule has 4 heteroatoms. The number of aryl methyl sites for hydroxylation is 2. The fraction of sp³-hybridized carbons (Fsp3) is 0.188. The standard InChI is InChI=1S/C30H36N2Si.C18H15B/c1-3-5-12-25-14-10-16-27(22-25)30(32-21-20-31-24-32,33-29-18-8-7-9-19-29)28-17-11-15-26(23-28)13-6-4-2;1-4-10-16(11-5-1)19(17-12-6-2-7-13-17)18-14-8-3-9-15-18/h7-11,14-24H,3-6,12-13,33H2,1-2H3;1-15H. The average molecular weight is 695 g/mol. The molecule has 0 bridgehead atoms. The molecule has 0 unspecified atom stereocenters. The minimum Gasteiger partial charge on any atom is -0.326 e. The van der Waals surface area contributed by atoms with Gasteiger partial charge in [0.1, 0.15) is 0 Å². The molecule has 0 saturated heterocycles. The summed E-state index contributed by atoms with van der Waals surface area (Å²) in [6.45, 7) is 4.84. The van der Waals surface area contributed by atoms with E-state index < -0.39 is 9.52 Å². The number of benzene rings is 6. The molecule has 7 rings (SSSR count). The van der Waals surface area contributed by atoms with E-state index in [4.69, 9.17) is 0 Å². The summed E-state index contributed by atoms with van der Waals surface area (Å²) >= 11 is 0. The Kier molecular flexibility index (Phi) is 13.3. The zero-order valence-corrected chi connectivity index (χ0v) is 32.2. The highest BCUT2D eigenvalue weighted by atomic mass is 28.2. The molecule has 0 fully saturated rings. The first-order valence-corrected chi connectivity index (χ1v) is 20.5. The summed E-state index contributed by atoms with van der Waals surface area (Å²) in [5.74, 6) is 0. The highest BCUT2D eigenvalue weighted by molar-refractivity contribution is 6.95. The smallest absolute Gasteiger partial charge is 0.241 e. The monoisotopic (exact) mass is 694 g/mol. The minimum absolute atomic E-state index is 0.220. The van der Waals surface area contributed by atoms with Gasteiger partial charge < -0.3 is 4.57 Å². The van der Waals surface area contributed by atoms with Crippen molar-refractivity contribution in [1.82, 2.24) is 9.55 Å². The molecule has 0 radical (unpaired) electrons. The highest BCUT2D eigenvalue weighted by Gasteiger charge is 2.37. The largest absolute Gasteiger partial charge is 0.326 e. The maximum atomic E-state index is 4.51. The van der Waals surface area contributed by atoms with Crippen LogP contribution < -0.4 is 21.6 Å². The Morgan fingerprint density at radius 3 is 1.38 bits per heavy atom. The van der Waals surface area contributed by atoms with Gasteiger partial charge in [0.05, 0.1) is 21.0 Å². The SMILES string of the molecule is CCCCc1cccc(C([SiH2]c2ccccc2)(c2cccc(CCCC)c2)n2ccnc2)c1.c1ccc(B(c2ccccc2)c2ccccc2)cc1. The van der Waals surface area contributed by atoms with Crippen LogP contribution in [0.4, 0.5) is 0 Å². The molecule has 0 spiro atoms. The summed E-state index contributed by atoms with van der Waals surface area (Å²) in [6, 6.07) is 61.8. The van der Waals surface area contributed by atoms with Gasteiger partial charge in [0, 0.05) is 12.4 Å². The zero-order chi connectivity index (χ0) is 35.9. The van der Waals surface area contributed by atoms with Gasteiger partial charge in [-0.25, -0.2) is 4.98 Å². The molecule has 7 aromatic rings. The first-order valence-electron chi connectivity index (χ1n) is 19.1. The van der Waals surface area contributed by atoms with Gasteiger partial charge in [-0.2, -0.15) is 0 Å². The van der Waals surface area contributed by atoms with Crippen LogP contribution in [0.15, 0.2) is 189 Å². The van der Waals surface area contributed by atoms with Crippen molar-refractivity contribution in [2.45, 2.75) is 57.5 Å². The van der Waals surface area contributed by atoms with Crippen LogP contribution in [0.2, 0.25) is 0 Å². The Hall–Kier alpha value is -5.19. The fourth-order valence-electron chi connectivity index (χ4n) is 7.38. The maximum Gasteiger partial charge on any atom is 0.241 e. The van der Waals surface area contributed by atoms with Gasteiger partial charge in [-0.05, 0) is 47.9 Å². The van der Waals surface area contributed by atoms with Gasteiger partial charge in [-0.15, -0.1) is 0 Å². The van der Waals surface area contributed by atoms with Crippen LogP contribution in [0.25, 0.3) is 0 Å². The van der Waals surface area contributed by atoms with Gasteiger partial charge in [-0.1, -0.05) is 218 Å². The van der Waals surface area contributed by atoms with Crippen molar-refractivity contribution in [3.8, 4) is 0 Å². The lowest BCUT2D eigenvalue weighted by molar-refractivity contribution is 0.594. The van der Waals surface area contributed by atoms with E-state index >= 15 is 0 Å². The molecule has 1 aromatic heterocycles. The van der Waals surface area contributed by atoms with E-state index in [-0.39, 0.29) is 5.16 Å². The van der Waals surface area contributed by atoms with Crippen LogP contribution >= 0.6 is 0 Å². The van der Waals surface area contributed by atoms with Crippen molar-refractivity contribution in [2.75, 3.05) is 0 Å². The molecule has 0 amide bonds. The summed E-state index contributed by atoms with van der Waals surface area (Å²) in [6.07, 6.45) is 13.3. The molecule has 1 heterocycles. The zero-order valence-electron chi connectivity index (χ0n) is 30.8. The molecule has 0 aliphatic heterocycles. The first-order chi connectivity index (χ1) is 25.7. The molecule has 0 saturated carbocycles. The van der Waals surface area contributed by atoms with E-state index in [1.165, 1.54) is 69.5 Å². The van der Waals surface area contributed by atoms with Crippen LogP contribution in [0.3, 0.4) is 0 Å². The molecular weight excluding hydrogens is 643 g/mol. The summed E-state index contributed by atoms with van der Waals surface area (Å²) in [5, 5.41) is 1.24. The number of imidazole rings is 1. The number of hydrogen-bond donors (Lipinski definition) is 0. The van der Waals surface area contributed by atoms with E-state index in [1.807, 2.05) is 12.5 Å². The predicted octanol–water partition coefficient (Wildman–Crippen LogP) is 8.01. The lowest BCUT2D eigenvalue weighted by atomic mass is 9.37. The Bertz CT molecular complexity index is 1890. The Labute approximate surface area is 314 Å². The molecule has 0 aliphatic rings. The summed E-state index contributed by atoms with van der Waals surface area (Å²) in [5.41, 5.74) is 9.64. The molecule has 52 heavy (non-hydrogen) atoms. The average Bonchev–Trinajstić information content (AvgIpc) is 3.76. The topological polar surface area (TPSA) is 17.8 Å². The van der Waals surface area contributed by atoms with E-state index in [0.29, 0.717) is 6.71 Å². The molecule has 0 N–H and O–H groups in total. The van der Waals surface area contributed by atoms with Crippen molar-refractivity contribution >= 4 is 37.8 Å². The summed E-state index contributed by atoms with van der Waals surface area (Å²) in [7, 11) is -0.817. The summed E-state index contributed by atoms with van der Waals surface area (Å²) < 4.78 is 2.38. The molecule has 6 aromatic carbocycles. The van der Waals surface area contributed by atoms with Gasteiger partial charge in [0.15, 0.2) is 0 Å². The lowest BCUT2D eigenvalue weighted by Gasteiger charge is -2.37. The highest BCUT2D eigenvalue weighted by Crippen LogP contribution is 2.35. The van der Waals surface area contributed by atoms with E-state index in [1.54, 1.807) is 0 Å². The van der Waals surface area contributed by atoms with Gasteiger partial charge in [-0.3, -0.25) is 0 Å². The second-order valence-electron chi connectivity index (χ2n) is 13.8. The number of rotatable bonds is 14. The number of nitrogens with zero attached hydrogens (tertiary/aromatic N) is 2. The van der Waals surface area contributed by atoms with Crippen molar-refractivity contribution < 1.29 is 0 Å². The van der Waals surface area contributed by atoms with Gasteiger partial charge in [0.25, 0.3) is 0 Å². The van der Waals surface area contributed by atoms with Gasteiger partial charge in [0.2, 0.25) is 6.71 Å². The summed E-state index contributed by atoms with van der Waals surface area (Å²) in [4.78, 5) is 4.51. The Morgan fingerprint density at radius 2 is 0.981 bits per heavy atom. The molecule has 2 nitrogen and oxygen atoms in total. The van der Waals surface area contributed by atoms with Crippen LogP contribution in [-0.2, 0) is 18.0 Å². The quantitative estimate of drug-likeness (QED) is 0.106. The van der Waals surface area contributed by atoms with Crippen molar-refractivity contribution in [3.05, 3.63) is 211 Å². The van der Waals surface area contributed by atoms with Crippen LogP contribution in [-0.4, -0.2) is 25.8 Å². The second-order valence-corrected chi connectivity index (χ2v) is 16.0. The van der Waals surface area contributed by atoms with Crippen LogP contribution in [0, 0.1) is 0 Å². The molecule has 0 atom stereocenters. The van der Waals surface area contributed by atoms with Crippen LogP contribution in [0.1, 0.15) is 61.8 Å². The number of hydrogen-bond acceptors (Lipinski definition) is 1. The van der Waals surface area contributed by atoms with Crippen molar-refractivity contribution in [3.63, 3.8) is 0 Å². The third-order valence-electron chi connectivity index (χ3n) is 10.1. The Balaban J connectivity index is 0.000000206. The van der Waals surface area contributed by atoms with Crippen LogP contribution in [0.5, 0.6) is 0 Å². The third kappa shape index (κ3) is 9.18. The van der Waals surface area contributed by atoms with Crippen molar-refractivity contribution in [1.29, 1.82) is 0 Å². The minimum atomic E-state index is -0.817. The third-order valence-corrected chi connectivity index (χ3v) is 12.7. The number of unbranched alkanes of at least 4 members (excludes halogenated alkanes) is 2. The normalized spacial score (nSPS) is 11.3.